The Morgan fingerprint density at radius 1 is 1.45 bits per heavy atom. The lowest BCUT2D eigenvalue weighted by atomic mass is 10.2. The highest BCUT2D eigenvalue weighted by Crippen LogP contribution is 2.21. The molecule has 0 spiro atoms. The van der Waals surface area contributed by atoms with E-state index in [0.717, 1.165) is 36.0 Å². The van der Waals surface area contributed by atoms with E-state index in [4.69, 9.17) is 4.74 Å². The third kappa shape index (κ3) is 6.89. The third-order valence-electron chi connectivity index (χ3n) is 5.44. The van der Waals surface area contributed by atoms with Gasteiger partial charge in [0.05, 0.1) is 19.3 Å². The largest absolute Gasteiger partial charge is 0.493 e. The fraction of sp³-hybridized carbons (Fsp3) is 0.458. The molecule has 0 amide bonds. The van der Waals surface area contributed by atoms with E-state index in [1.807, 2.05) is 24.1 Å². The van der Waals surface area contributed by atoms with Gasteiger partial charge >= 0.3 is 0 Å². The second-order valence-electron chi connectivity index (χ2n) is 7.95. The van der Waals surface area contributed by atoms with Crippen molar-refractivity contribution >= 4 is 16.7 Å². The quantitative estimate of drug-likeness (QED) is 0.252. The number of aromatic nitrogens is 2. The average molecular weight is 453 g/mol. The summed E-state index contributed by atoms with van der Waals surface area (Å²) in [5.74, 6) is 0.998. The van der Waals surface area contributed by atoms with Crippen molar-refractivity contribution < 1.29 is 14.9 Å². The number of fused-ring (bicyclic) bond motifs is 1. The van der Waals surface area contributed by atoms with Crippen molar-refractivity contribution in [2.75, 3.05) is 51.3 Å². The summed E-state index contributed by atoms with van der Waals surface area (Å²) in [6.07, 6.45) is 5.85. The Balaban J connectivity index is 1.64. The highest BCUT2D eigenvalue weighted by atomic mass is 16.5. The predicted octanol–water partition coefficient (Wildman–Crippen LogP) is 1.86. The van der Waals surface area contributed by atoms with E-state index in [1.165, 1.54) is 0 Å². The number of hydrogen-bond donors (Lipinski definition) is 3. The molecule has 3 heterocycles. The highest BCUT2D eigenvalue weighted by Gasteiger charge is 2.20. The molecule has 0 aromatic carbocycles. The second-order valence-corrected chi connectivity index (χ2v) is 7.95. The lowest BCUT2D eigenvalue weighted by Gasteiger charge is -2.21. The summed E-state index contributed by atoms with van der Waals surface area (Å²) in [7, 11) is 0. The molecule has 0 bridgehead atoms. The smallest absolute Gasteiger partial charge is 0.152 e. The standard InChI is InChI=1S/C24H32N6O3/c1-3-33-18(2)21(13-25)16-29(10-11-31)9-7-27-24-23-20(4-6-26-24)12-19(14-28-23)15-30-8-5-22(32)17-30/h4,6,12,14,16,22,31-32H,2-3,5,7-11,15,17H2,1H3,(H,26,27)/b21-16-/t22-/m1/s1. The maximum Gasteiger partial charge on any atom is 0.152 e. The minimum Gasteiger partial charge on any atom is -0.493 e. The van der Waals surface area contributed by atoms with Crippen LogP contribution in [0.5, 0.6) is 0 Å². The molecule has 0 saturated carbocycles. The Morgan fingerprint density at radius 3 is 3.00 bits per heavy atom. The van der Waals surface area contributed by atoms with Crippen LogP contribution in [0.3, 0.4) is 0 Å². The van der Waals surface area contributed by atoms with Gasteiger partial charge in [0, 0.05) is 63.2 Å². The van der Waals surface area contributed by atoms with Crippen molar-refractivity contribution in [3.05, 3.63) is 54.2 Å². The van der Waals surface area contributed by atoms with Crippen LogP contribution in [0.2, 0.25) is 0 Å². The number of ether oxygens (including phenoxy) is 1. The fourth-order valence-corrected chi connectivity index (χ4v) is 3.82. The van der Waals surface area contributed by atoms with E-state index in [9.17, 15) is 15.5 Å². The topological polar surface area (TPSA) is 118 Å². The molecule has 1 aliphatic heterocycles. The predicted molar refractivity (Wildman–Crippen MR) is 127 cm³/mol. The van der Waals surface area contributed by atoms with Gasteiger partial charge in [-0.1, -0.05) is 6.58 Å². The minimum absolute atomic E-state index is 0.0405. The molecule has 0 unspecified atom stereocenters. The second kappa shape index (κ2) is 12.2. The first-order valence-corrected chi connectivity index (χ1v) is 11.2. The van der Waals surface area contributed by atoms with Gasteiger partial charge in [0.1, 0.15) is 22.9 Å². The van der Waals surface area contributed by atoms with Gasteiger partial charge in [0.2, 0.25) is 0 Å². The summed E-state index contributed by atoms with van der Waals surface area (Å²) in [6.45, 7) is 9.82. The lowest BCUT2D eigenvalue weighted by molar-refractivity contribution is 0.175. The van der Waals surface area contributed by atoms with Gasteiger partial charge in [0.15, 0.2) is 5.82 Å². The number of β-amino-alcohol motifs (C(OH)–C–C–N with tert-alkyl or cyclic N) is 1. The van der Waals surface area contributed by atoms with Crippen LogP contribution in [0.1, 0.15) is 18.9 Å². The Bertz CT molecular complexity index is 1020. The first-order valence-electron chi connectivity index (χ1n) is 11.2. The Kier molecular flexibility index (Phi) is 9.01. The summed E-state index contributed by atoms with van der Waals surface area (Å²) in [5, 5.41) is 32.8. The van der Waals surface area contributed by atoms with Crippen molar-refractivity contribution in [2.24, 2.45) is 0 Å². The van der Waals surface area contributed by atoms with Crippen LogP contribution < -0.4 is 5.32 Å². The molecule has 33 heavy (non-hydrogen) atoms. The number of nitriles is 1. The first kappa shape index (κ1) is 24.5. The number of nitrogens with one attached hydrogen (secondary N) is 1. The molecular weight excluding hydrogens is 420 g/mol. The van der Waals surface area contributed by atoms with E-state index >= 15 is 0 Å². The first-order chi connectivity index (χ1) is 16.0. The zero-order valence-corrected chi connectivity index (χ0v) is 19.1. The number of likely N-dealkylation sites (tertiary alicyclic amines) is 1. The molecule has 0 radical (unpaired) electrons. The Hall–Kier alpha value is -3.19. The number of rotatable bonds is 12. The zero-order chi connectivity index (χ0) is 23.6. The molecule has 9 heteroatoms. The Morgan fingerprint density at radius 2 is 2.30 bits per heavy atom. The van der Waals surface area contributed by atoms with Gasteiger partial charge in [-0.3, -0.25) is 9.88 Å². The van der Waals surface area contributed by atoms with Crippen LogP contribution in [0.4, 0.5) is 5.82 Å². The summed E-state index contributed by atoms with van der Waals surface area (Å²) < 4.78 is 5.33. The minimum atomic E-state index is -0.236. The van der Waals surface area contributed by atoms with Gasteiger partial charge < -0.3 is 25.2 Å². The SMILES string of the molecule is C=C(OCC)/C(C#N)=C\N(CCO)CCNc1nccc2cc(CN3CC[C@@H](O)C3)cnc12. The van der Waals surface area contributed by atoms with Crippen LogP contribution in [-0.4, -0.2) is 82.0 Å². The number of aliphatic hydroxyl groups is 2. The monoisotopic (exact) mass is 452 g/mol. The van der Waals surface area contributed by atoms with Crippen molar-refractivity contribution in [3.63, 3.8) is 0 Å². The number of aliphatic hydroxyl groups excluding tert-OH is 2. The van der Waals surface area contributed by atoms with Crippen molar-refractivity contribution in [1.29, 1.82) is 5.26 Å². The molecule has 0 aliphatic carbocycles. The van der Waals surface area contributed by atoms with Crippen molar-refractivity contribution in [1.82, 2.24) is 19.8 Å². The van der Waals surface area contributed by atoms with Crippen LogP contribution in [-0.2, 0) is 11.3 Å². The van der Waals surface area contributed by atoms with E-state index in [-0.39, 0.29) is 12.7 Å². The Labute approximate surface area is 194 Å². The van der Waals surface area contributed by atoms with Crippen LogP contribution in [0.25, 0.3) is 10.9 Å². The van der Waals surface area contributed by atoms with Gasteiger partial charge in [-0.2, -0.15) is 5.26 Å². The number of nitrogens with zero attached hydrogens (tertiary/aromatic N) is 5. The summed E-state index contributed by atoms with van der Waals surface area (Å²) in [4.78, 5) is 13.1. The highest BCUT2D eigenvalue weighted by molar-refractivity contribution is 5.88. The summed E-state index contributed by atoms with van der Waals surface area (Å²) in [5.41, 5.74) is 2.22. The van der Waals surface area contributed by atoms with Crippen molar-refractivity contribution in [2.45, 2.75) is 26.0 Å². The molecule has 176 valence electrons. The number of pyridine rings is 2. The van der Waals surface area contributed by atoms with Crippen LogP contribution in [0, 0.1) is 11.3 Å². The maximum atomic E-state index is 9.73. The average Bonchev–Trinajstić information content (AvgIpc) is 3.21. The number of allylic oxidation sites excluding steroid dienone is 1. The van der Waals surface area contributed by atoms with E-state index in [2.05, 4.69) is 38.9 Å². The lowest BCUT2D eigenvalue weighted by Crippen LogP contribution is -2.28. The van der Waals surface area contributed by atoms with E-state index < -0.39 is 0 Å². The van der Waals surface area contributed by atoms with Gasteiger partial charge in [-0.15, -0.1) is 0 Å². The third-order valence-corrected chi connectivity index (χ3v) is 5.44. The van der Waals surface area contributed by atoms with Crippen molar-refractivity contribution in [3.8, 4) is 6.07 Å². The maximum absolute atomic E-state index is 9.73. The normalized spacial score (nSPS) is 16.5. The molecule has 3 N–H and O–H groups in total. The van der Waals surface area contributed by atoms with Gasteiger partial charge in [0.25, 0.3) is 0 Å². The fourth-order valence-electron chi connectivity index (χ4n) is 3.82. The molecule has 1 fully saturated rings. The van der Waals surface area contributed by atoms with Gasteiger partial charge in [-0.05, 0) is 31.0 Å². The number of hydrogen-bond acceptors (Lipinski definition) is 9. The van der Waals surface area contributed by atoms with Gasteiger partial charge in [-0.25, -0.2) is 4.98 Å². The molecule has 1 saturated heterocycles. The molecule has 1 atom stereocenters. The number of anilines is 1. The molecular formula is C24H32N6O3. The molecule has 2 aromatic heterocycles. The van der Waals surface area contributed by atoms with E-state index in [1.54, 1.807) is 12.4 Å². The van der Waals surface area contributed by atoms with E-state index in [0.29, 0.717) is 49.9 Å². The van der Waals surface area contributed by atoms with Crippen LogP contribution in [0.15, 0.2) is 48.6 Å². The molecule has 1 aliphatic rings. The summed E-state index contributed by atoms with van der Waals surface area (Å²) in [6, 6.07) is 6.14. The molecule has 9 nitrogen and oxygen atoms in total. The summed E-state index contributed by atoms with van der Waals surface area (Å²) >= 11 is 0. The zero-order valence-electron chi connectivity index (χ0n) is 19.1. The molecule has 2 aromatic rings. The molecule has 3 rings (SSSR count). The van der Waals surface area contributed by atoms with Crippen LogP contribution >= 0.6 is 0 Å².